The number of nitrogens with one attached hydrogen (secondary N) is 1. The monoisotopic (exact) mass is 254 g/mol. The molecule has 2 rings (SSSR count). The van der Waals surface area contributed by atoms with Crippen LogP contribution in [0.4, 0.5) is 0 Å². The lowest BCUT2D eigenvalue weighted by molar-refractivity contribution is 0.109. The highest BCUT2D eigenvalue weighted by molar-refractivity contribution is 4.82. The molecule has 0 radical (unpaired) electrons. The van der Waals surface area contributed by atoms with Gasteiger partial charge in [-0.15, -0.1) is 0 Å². The van der Waals surface area contributed by atoms with E-state index in [0.717, 1.165) is 11.8 Å². The van der Waals surface area contributed by atoms with E-state index in [1.807, 2.05) is 0 Å². The first kappa shape index (κ1) is 14.3. The van der Waals surface area contributed by atoms with Gasteiger partial charge in [0.05, 0.1) is 0 Å². The Kier molecular flexibility index (Phi) is 5.42. The first-order valence-corrected chi connectivity index (χ1v) is 7.45. The van der Waals surface area contributed by atoms with E-state index >= 15 is 0 Å². The van der Waals surface area contributed by atoms with Gasteiger partial charge in [-0.1, -0.05) is 6.92 Å². The maximum absolute atomic E-state index is 3.51. The highest BCUT2D eigenvalue weighted by Crippen LogP contribution is 2.17. The molecule has 18 heavy (non-hydrogen) atoms. The van der Waals surface area contributed by atoms with E-state index in [9.17, 15) is 0 Å². The lowest BCUT2D eigenvalue weighted by Gasteiger charge is -2.36. The standard InChI is InChI=1S/C14H30N4/c1-13-10-15-11-14(13)12-18-8-6-17(7-9-18)5-4-16(2)3/h13-15H,4-12H2,1-3H3/t13-,14+/m1/s1. The second-order valence-electron chi connectivity index (χ2n) is 6.34. The summed E-state index contributed by atoms with van der Waals surface area (Å²) in [7, 11) is 4.31. The largest absolute Gasteiger partial charge is 0.316 e. The lowest BCUT2D eigenvalue weighted by atomic mass is 9.97. The van der Waals surface area contributed by atoms with Crippen molar-refractivity contribution in [3.05, 3.63) is 0 Å². The van der Waals surface area contributed by atoms with E-state index in [1.54, 1.807) is 0 Å². The summed E-state index contributed by atoms with van der Waals surface area (Å²) in [6, 6.07) is 0. The summed E-state index contributed by atoms with van der Waals surface area (Å²) in [5.74, 6) is 1.73. The fourth-order valence-corrected chi connectivity index (χ4v) is 2.98. The van der Waals surface area contributed by atoms with Crippen LogP contribution < -0.4 is 5.32 Å². The average molecular weight is 254 g/mol. The van der Waals surface area contributed by atoms with Gasteiger partial charge >= 0.3 is 0 Å². The smallest absolute Gasteiger partial charge is 0.0110 e. The quantitative estimate of drug-likeness (QED) is 0.747. The van der Waals surface area contributed by atoms with Gasteiger partial charge in [0, 0.05) is 45.8 Å². The van der Waals surface area contributed by atoms with Crippen molar-refractivity contribution in [2.24, 2.45) is 11.8 Å². The summed E-state index contributed by atoms with van der Waals surface area (Å²) in [5, 5.41) is 3.51. The van der Waals surface area contributed by atoms with Crippen LogP contribution in [-0.4, -0.2) is 87.7 Å². The fraction of sp³-hybridized carbons (Fsp3) is 1.00. The fourth-order valence-electron chi connectivity index (χ4n) is 2.98. The van der Waals surface area contributed by atoms with Crippen LogP contribution in [0.15, 0.2) is 0 Å². The second-order valence-corrected chi connectivity index (χ2v) is 6.34. The van der Waals surface area contributed by atoms with Gasteiger partial charge in [0.2, 0.25) is 0 Å². The predicted octanol–water partition coefficient (Wildman–Crippen LogP) is 0.0211. The van der Waals surface area contributed by atoms with Gasteiger partial charge in [-0.25, -0.2) is 0 Å². The third-order valence-corrected chi connectivity index (χ3v) is 4.50. The Balaban J connectivity index is 1.64. The highest BCUT2D eigenvalue weighted by atomic mass is 15.3. The molecule has 0 bridgehead atoms. The highest BCUT2D eigenvalue weighted by Gasteiger charge is 2.26. The van der Waals surface area contributed by atoms with Crippen molar-refractivity contribution >= 4 is 0 Å². The zero-order chi connectivity index (χ0) is 13.0. The Morgan fingerprint density at radius 1 is 1.06 bits per heavy atom. The molecule has 0 spiro atoms. The molecule has 2 fully saturated rings. The molecule has 2 aliphatic heterocycles. The van der Waals surface area contributed by atoms with Crippen LogP contribution >= 0.6 is 0 Å². The molecule has 0 saturated carbocycles. The number of hydrogen-bond donors (Lipinski definition) is 1. The maximum atomic E-state index is 3.51. The molecule has 0 amide bonds. The van der Waals surface area contributed by atoms with Crippen molar-refractivity contribution in [3.8, 4) is 0 Å². The second kappa shape index (κ2) is 6.85. The van der Waals surface area contributed by atoms with Crippen LogP contribution in [0.2, 0.25) is 0 Å². The van der Waals surface area contributed by atoms with Crippen molar-refractivity contribution in [1.29, 1.82) is 0 Å². The number of piperazine rings is 1. The molecule has 4 heteroatoms. The molecule has 0 unspecified atom stereocenters. The molecule has 0 aliphatic carbocycles. The Hall–Kier alpha value is -0.160. The molecule has 2 saturated heterocycles. The van der Waals surface area contributed by atoms with Crippen LogP contribution in [0.1, 0.15) is 6.92 Å². The molecule has 2 heterocycles. The first-order chi connectivity index (χ1) is 8.65. The number of hydrogen-bond acceptors (Lipinski definition) is 4. The Labute approximate surface area is 112 Å². The van der Waals surface area contributed by atoms with Gasteiger partial charge < -0.3 is 15.1 Å². The van der Waals surface area contributed by atoms with E-state index in [0.29, 0.717) is 0 Å². The molecule has 2 aliphatic rings. The van der Waals surface area contributed by atoms with E-state index in [1.165, 1.54) is 58.9 Å². The van der Waals surface area contributed by atoms with Gasteiger partial charge in [-0.3, -0.25) is 4.90 Å². The third-order valence-electron chi connectivity index (χ3n) is 4.50. The normalized spacial score (nSPS) is 31.3. The van der Waals surface area contributed by atoms with Crippen molar-refractivity contribution in [2.75, 3.05) is 73.0 Å². The summed E-state index contributed by atoms with van der Waals surface area (Å²) in [6.45, 7) is 13.6. The molecular weight excluding hydrogens is 224 g/mol. The molecule has 0 aromatic heterocycles. The van der Waals surface area contributed by atoms with Gasteiger partial charge in [0.15, 0.2) is 0 Å². The number of nitrogens with zero attached hydrogens (tertiary/aromatic N) is 3. The first-order valence-electron chi connectivity index (χ1n) is 7.45. The summed E-state index contributed by atoms with van der Waals surface area (Å²) >= 11 is 0. The maximum Gasteiger partial charge on any atom is 0.0110 e. The zero-order valence-electron chi connectivity index (χ0n) is 12.4. The molecular formula is C14H30N4. The SMILES string of the molecule is C[C@@H]1CNC[C@H]1CN1CCN(CCN(C)C)CC1. The van der Waals surface area contributed by atoms with Crippen LogP contribution in [0.5, 0.6) is 0 Å². The summed E-state index contributed by atoms with van der Waals surface area (Å²) in [6.07, 6.45) is 0. The molecule has 0 aromatic carbocycles. The predicted molar refractivity (Wildman–Crippen MR) is 77.0 cm³/mol. The topological polar surface area (TPSA) is 21.8 Å². The molecule has 1 N–H and O–H groups in total. The number of likely N-dealkylation sites (N-methyl/N-ethyl adjacent to an activating group) is 1. The van der Waals surface area contributed by atoms with Gasteiger partial charge in [0.1, 0.15) is 0 Å². The van der Waals surface area contributed by atoms with Crippen molar-refractivity contribution in [3.63, 3.8) is 0 Å². The van der Waals surface area contributed by atoms with E-state index in [2.05, 4.69) is 41.0 Å². The van der Waals surface area contributed by atoms with Crippen LogP contribution in [0.25, 0.3) is 0 Å². The van der Waals surface area contributed by atoms with Crippen molar-refractivity contribution < 1.29 is 0 Å². The van der Waals surface area contributed by atoms with Gasteiger partial charge in [-0.2, -0.15) is 0 Å². The molecule has 106 valence electrons. The summed E-state index contributed by atoms with van der Waals surface area (Å²) < 4.78 is 0. The molecule has 2 atom stereocenters. The minimum Gasteiger partial charge on any atom is -0.316 e. The number of rotatable bonds is 5. The van der Waals surface area contributed by atoms with E-state index < -0.39 is 0 Å². The van der Waals surface area contributed by atoms with Crippen molar-refractivity contribution in [2.45, 2.75) is 6.92 Å². The van der Waals surface area contributed by atoms with Crippen LogP contribution in [0, 0.1) is 11.8 Å². The summed E-state index contributed by atoms with van der Waals surface area (Å²) in [5.41, 5.74) is 0. The van der Waals surface area contributed by atoms with Crippen LogP contribution in [0.3, 0.4) is 0 Å². The summed E-state index contributed by atoms with van der Waals surface area (Å²) in [4.78, 5) is 7.55. The third kappa shape index (κ3) is 4.19. The minimum atomic E-state index is 0.858. The van der Waals surface area contributed by atoms with Crippen molar-refractivity contribution in [1.82, 2.24) is 20.0 Å². The van der Waals surface area contributed by atoms with E-state index in [4.69, 9.17) is 0 Å². The molecule has 4 nitrogen and oxygen atoms in total. The average Bonchev–Trinajstić information content (AvgIpc) is 2.74. The zero-order valence-corrected chi connectivity index (χ0v) is 12.4. The minimum absolute atomic E-state index is 0.858. The Bertz CT molecular complexity index is 236. The Morgan fingerprint density at radius 3 is 2.28 bits per heavy atom. The lowest BCUT2D eigenvalue weighted by Crippen LogP contribution is -2.49. The van der Waals surface area contributed by atoms with Crippen LogP contribution in [-0.2, 0) is 0 Å². The van der Waals surface area contributed by atoms with E-state index in [-0.39, 0.29) is 0 Å². The van der Waals surface area contributed by atoms with Gasteiger partial charge in [0.25, 0.3) is 0 Å². The molecule has 0 aromatic rings. The Morgan fingerprint density at radius 2 is 1.72 bits per heavy atom. The van der Waals surface area contributed by atoms with Gasteiger partial charge in [-0.05, 0) is 39.0 Å².